The first kappa shape index (κ1) is 14.5. The largest absolute Gasteiger partial charge is 0.469 e. The smallest absolute Gasteiger partial charge is 0.305 e. The van der Waals surface area contributed by atoms with Gasteiger partial charge in [0.15, 0.2) is 0 Å². The van der Waals surface area contributed by atoms with Gasteiger partial charge in [0.25, 0.3) is 0 Å². The highest BCUT2D eigenvalue weighted by Crippen LogP contribution is 2.24. The van der Waals surface area contributed by atoms with Crippen LogP contribution < -0.4 is 0 Å². The molecule has 0 aliphatic rings. The maximum atomic E-state index is 11.8. The monoisotopic (exact) mass is 294 g/mol. The Balaban J connectivity index is 2.52. The fourth-order valence-electron chi connectivity index (χ4n) is 1.19. The molecule has 0 fully saturated rings. The van der Waals surface area contributed by atoms with E-state index >= 15 is 0 Å². The molecule has 94 valence electrons. The van der Waals surface area contributed by atoms with Crippen LogP contribution in [0.15, 0.2) is 23.1 Å². The third kappa shape index (κ3) is 4.66. The molecule has 0 radical (unpaired) electrons. The molecule has 0 bridgehead atoms. The summed E-state index contributed by atoms with van der Waals surface area (Å²) >= 11 is 11.6. The highest BCUT2D eigenvalue weighted by atomic mass is 35.5. The van der Waals surface area contributed by atoms with E-state index in [1.54, 1.807) is 18.2 Å². The van der Waals surface area contributed by atoms with E-state index in [4.69, 9.17) is 23.2 Å². The maximum absolute atomic E-state index is 11.8. The molecule has 6 heteroatoms. The predicted octanol–water partition coefficient (Wildman–Crippen LogP) is 3.05. The maximum Gasteiger partial charge on any atom is 0.305 e. The molecule has 1 rings (SSSR count). The number of esters is 1. The minimum Gasteiger partial charge on any atom is -0.469 e. The van der Waals surface area contributed by atoms with Crippen LogP contribution in [0.4, 0.5) is 0 Å². The summed E-state index contributed by atoms with van der Waals surface area (Å²) in [5.41, 5.74) is 0. The Morgan fingerprint density at radius 1 is 1.35 bits per heavy atom. The third-order valence-corrected chi connectivity index (χ3v) is 4.27. The third-order valence-electron chi connectivity index (χ3n) is 2.09. The van der Waals surface area contributed by atoms with Crippen molar-refractivity contribution >= 4 is 40.0 Å². The van der Waals surface area contributed by atoms with Gasteiger partial charge in [-0.05, 0) is 24.6 Å². The average Bonchev–Trinajstić information content (AvgIpc) is 2.32. The SMILES string of the molecule is COC(=O)CCCS(=O)c1ccc(Cl)c(Cl)c1. The Kier molecular flexibility index (Phi) is 5.95. The van der Waals surface area contributed by atoms with E-state index in [9.17, 15) is 9.00 Å². The molecule has 0 N–H and O–H groups in total. The van der Waals surface area contributed by atoms with Crippen molar-refractivity contribution in [2.75, 3.05) is 12.9 Å². The number of carbonyl (C=O) groups is 1. The van der Waals surface area contributed by atoms with Gasteiger partial charge in [-0.3, -0.25) is 9.00 Å². The number of ether oxygens (including phenoxy) is 1. The van der Waals surface area contributed by atoms with Gasteiger partial charge in [0.05, 0.1) is 28.0 Å². The van der Waals surface area contributed by atoms with Crippen molar-refractivity contribution in [3.8, 4) is 0 Å². The lowest BCUT2D eigenvalue weighted by molar-refractivity contribution is -0.140. The van der Waals surface area contributed by atoms with Gasteiger partial charge in [0, 0.05) is 17.1 Å². The highest BCUT2D eigenvalue weighted by molar-refractivity contribution is 7.85. The van der Waals surface area contributed by atoms with Crippen LogP contribution in [0.3, 0.4) is 0 Å². The molecule has 0 aliphatic carbocycles. The van der Waals surface area contributed by atoms with E-state index in [1.807, 2.05) is 0 Å². The van der Waals surface area contributed by atoms with Crippen LogP contribution in [0.1, 0.15) is 12.8 Å². The van der Waals surface area contributed by atoms with Crippen LogP contribution in [-0.4, -0.2) is 23.0 Å². The van der Waals surface area contributed by atoms with E-state index in [0.717, 1.165) is 0 Å². The summed E-state index contributed by atoms with van der Waals surface area (Å²) in [6.07, 6.45) is 0.781. The molecule has 1 atom stereocenters. The summed E-state index contributed by atoms with van der Waals surface area (Å²) < 4.78 is 16.3. The molecule has 0 spiro atoms. The summed E-state index contributed by atoms with van der Waals surface area (Å²) in [7, 11) is 0.160. The van der Waals surface area contributed by atoms with Crippen LogP contribution in [0.25, 0.3) is 0 Å². The molecule has 17 heavy (non-hydrogen) atoms. The standard InChI is InChI=1S/C11H12Cl2O3S/c1-16-11(14)3-2-6-17(15)8-4-5-9(12)10(13)7-8/h4-5,7H,2-3,6H2,1H3. The number of carbonyl (C=O) groups excluding carboxylic acids is 1. The second kappa shape index (κ2) is 6.99. The van der Waals surface area contributed by atoms with E-state index in [0.29, 0.717) is 27.1 Å². The first-order valence-electron chi connectivity index (χ1n) is 4.95. The minimum absolute atomic E-state index is 0.267. The van der Waals surface area contributed by atoms with Gasteiger partial charge in [-0.15, -0.1) is 0 Å². The molecular weight excluding hydrogens is 283 g/mol. The molecule has 1 aromatic rings. The molecule has 1 unspecified atom stereocenters. The Bertz CT molecular complexity index is 435. The lowest BCUT2D eigenvalue weighted by Gasteiger charge is -2.03. The Labute approximate surface area is 113 Å². The number of hydrogen-bond donors (Lipinski definition) is 0. The quantitative estimate of drug-likeness (QED) is 0.784. The first-order chi connectivity index (χ1) is 8.04. The number of hydrogen-bond acceptors (Lipinski definition) is 3. The molecular formula is C11H12Cl2O3S. The van der Waals surface area contributed by atoms with E-state index in [-0.39, 0.29) is 12.4 Å². The van der Waals surface area contributed by atoms with Gasteiger partial charge in [0.2, 0.25) is 0 Å². The van der Waals surface area contributed by atoms with Crippen LogP contribution in [0, 0.1) is 0 Å². The molecule has 0 aromatic heterocycles. The first-order valence-corrected chi connectivity index (χ1v) is 7.02. The second-order valence-electron chi connectivity index (χ2n) is 3.31. The number of halogens is 2. The van der Waals surface area contributed by atoms with E-state index in [2.05, 4.69) is 4.74 Å². The van der Waals surface area contributed by atoms with Crippen molar-refractivity contribution in [2.45, 2.75) is 17.7 Å². The fourth-order valence-corrected chi connectivity index (χ4v) is 2.66. The van der Waals surface area contributed by atoms with E-state index < -0.39 is 10.8 Å². The topological polar surface area (TPSA) is 43.4 Å². The summed E-state index contributed by atoms with van der Waals surface area (Å²) in [5, 5.41) is 0.812. The Morgan fingerprint density at radius 3 is 2.65 bits per heavy atom. The lowest BCUT2D eigenvalue weighted by atomic mass is 10.3. The number of methoxy groups -OCH3 is 1. The molecule has 0 aliphatic heterocycles. The van der Waals surface area contributed by atoms with Crippen LogP contribution in [-0.2, 0) is 20.3 Å². The zero-order valence-corrected chi connectivity index (χ0v) is 11.6. The van der Waals surface area contributed by atoms with Gasteiger partial charge in [0.1, 0.15) is 0 Å². The summed E-state index contributed by atoms with van der Waals surface area (Å²) in [6.45, 7) is 0. The average molecular weight is 295 g/mol. The second-order valence-corrected chi connectivity index (χ2v) is 5.69. The molecule has 0 saturated heterocycles. The van der Waals surface area contributed by atoms with E-state index in [1.165, 1.54) is 7.11 Å². The fraction of sp³-hybridized carbons (Fsp3) is 0.364. The number of rotatable bonds is 5. The van der Waals surface area contributed by atoms with Gasteiger partial charge in [-0.25, -0.2) is 0 Å². The molecule has 3 nitrogen and oxygen atoms in total. The lowest BCUT2D eigenvalue weighted by Crippen LogP contribution is -2.04. The zero-order valence-electron chi connectivity index (χ0n) is 9.24. The zero-order chi connectivity index (χ0) is 12.8. The number of benzene rings is 1. The Hall–Kier alpha value is -0.580. The van der Waals surface area contributed by atoms with Gasteiger partial charge < -0.3 is 4.74 Å². The van der Waals surface area contributed by atoms with Gasteiger partial charge in [-0.2, -0.15) is 0 Å². The molecule has 1 aromatic carbocycles. The van der Waals surface area contributed by atoms with Crippen LogP contribution >= 0.6 is 23.2 Å². The minimum atomic E-state index is -1.17. The predicted molar refractivity (Wildman–Crippen MR) is 69.0 cm³/mol. The Morgan fingerprint density at radius 2 is 2.06 bits per heavy atom. The normalized spacial score (nSPS) is 12.2. The van der Waals surface area contributed by atoms with Crippen molar-refractivity contribution in [2.24, 2.45) is 0 Å². The van der Waals surface area contributed by atoms with Crippen LogP contribution in [0.2, 0.25) is 10.0 Å². The van der Waals surface area contributed by atoms with Crippen molar-refractivity contribution < 1.29 is 13.7 Å². The summed E-state index contributed by atoms with van der Waals surface area (Å²) in [5.74, 6) is 0.101. The van der Waals surface area contributed by atoms with Crippen molar-refractivity contribution in [1.29, 1.82) is 0 Å². The van der Waals surface area contributed by atoms with Crippen LogP contribution in [0.5, 0.6) is 0 Å². The van der Waals surface area contributed by atoms with Crippen molar-refractivity contribution in [3.63, 3.8) is 0 Å². The summed E-state index contributed by atoms with van der Waals surface area (Å²) in [4.78, 5) is 11.5. The summed E-state index contributed by atoms with van der Waals surface area (Å²) in [6, 6.07) is 4.86. The molecule has 0 heterocycles. The van der Waals surface area contributed by atoms with Crippen molar-refractivity contribution in [3.05, 3.63) is 28.2 Å². The highest BCUT2D eigenvalue weighted by Gasteiger charge is 2.08. The van der Waals surface area contributed by atoms with Gasteiger partial charge in [-0.1, -0.05) is 23.2 Å². The van der Waals surface area contributed by atoms with Crippen molar-refractivity contribution in [1.82, 2.24) is 0 Å². The molecule has 0 amide bonds. The van der Waals surface area contributed by atoms with Gasteiger partial charge >= 0.3 is 5.97 Å². The molecule has 0 saturated carbocycles.